The number of amides is 1. The Morgan fingerprint density at radius 2 is 1.38 bits per heavy atom. The van der Waals surface area contributed by atoms with Crippen LogP contribution in [0.1, 0.15) is 12.8 Å². The maximum Gasteiger partial charge on any atom is 0.223 e. The first-order valence-electron chi connectivity index (χ1n) is 8.88. The maximum absolute atomic E-state index is 12.2. The summed E-state index contributed by atoms with van der Waals surface area (Å²) in [7, 11) is 1.62. The van der Waals surface area contributed by atoms with Crippen molar-refractivity contribution in [3.8, 4) is 12.3 Å². The van der Waals surface area contributed by atoms with Crippen LogP contribution in [-0.2, 0) is 28.5 Å². The molecule has 152 valence electrons. The summed E-state index contributed by atoms with van der Waals surface area (Å²) in [6.07, 6.45) is 5.95. The van der Waals surface area contributed by atoms with Crippen LogP contribution in [0.2, 0.25) is 0 Å². The summed E-state index contributed by atoms with van der Waals surface area (Å²) in [6, 6.07) is 0. The number of hydrogen-bond donors (Lipinski definition) is 1. The molecule has 1 N–H and O–H groups in total. The standard InChI is InChI=1S/C18H33NO7/c1-3-4-5-18(21)19(6-9-23-14-16-25-11-8-20)7-10-24-15-17-26-13-12-22-2/h1,20H,4-17H2,2H3. The van der Waals surface area contributed by atoms with Gasteiger partial charge in [0.15, 0.2) is 0 Å². The molecule has 0 aliphatic heterocycles. The number of aliphatic hydroxyl groups excluding tert-OH is 1. The van der Waals surface area contributed by atoms with E-state index in [1.54, 1.807) is 12.0 Å². The lowest BCUT2D eigenvalue weighted by Crippen LogP contribution is -2.37. The number of terminal acetylenes is 1. The van der Waals surface area contributed by atoms with E-state index >= 15 is 0 Å². The van der Waals surface area contributed by atoms with Crippen LogP contribution >= 0.6 is 0 Å². The predicted molar refractivity (Wildman–Crippen MR) is 96.9 cm³/mol. The molecule has 0 fully saturated rings. The predicted octanol–water partition coefficient (Wildman–Crippen LogP) is -0.0665. The lowest BCUT2D eigenvalue weighted by Gasteiger charge is -2.22. The van der Waals surface area contributed by atoms with Crippen molar-refractivity contribution in [3.63, 3.8) is 0 Å². The zero-order chi connectivity index (χ0) is 19.3. The van der Waals surface area contributed by atoms with E-state index < -0.39 is 0 Å². The summed E-state index contributed by atoms with van der Waals surface area (Å²) in [6.45, 7) is 4.96. The lowest BCUT2D eigenvalue weighted by molar-refractivity contribution is -0.132. The minimum atomic E-state index is -0.0111. The zero-order valence-corrected chi connectivity index (χ0v) is 15.8. The van der Waals surface area contributed by atoms with Crippen molar-refractivity contribution in [1.82, 2.24) is 4.90 Å². The van der Waals surface area contributed by atoms with E-state index in [4.69, 9.17) is 35.2 Å². The summed E-state index contributed by atoms with van der Waals surface area (Å²) in [4.78, 5) is 13.9. The number of ether oxygens (including phenoxy) is 5. The molecule has 0 rings (SSSR count). The summed E-state index contributed by atoms with van der Waals surface area (Å²) < 4.78 is 26.2. The van der Waals surface area contributed by atoms with Gasteiger partial charge in [-0.3, -0.25) is 4.79 Å². The van der Waals surface area contributed by atoms with Crippen LogP contribution in [0, 0.1) is 12.3 Å². The second-order valence-electron chi connectivity index (χ2n) is 5.25. The Balaban J connectivity index is 3.89. The van der Waals surface area contributed by atoms with E-state index in [0.717, 1.165) is 0 Å². The fourth-order valence-electron chi connectivity index (χ4n) is 1.90. The molecule has 0 spiro atoms. The lowest BCUT2D eigenvalue weighted by atomic mass is 10.3. The van der Waals surface area contributed by atoms with E-state index in [1.165, 1.54) is 0 Å². The Morgan fingerprint density at radius 3 is 1.88 bits per heavy atom. The minimum Gasteiger partial charge on any atom is -0.394 e. The summed E-state index contributed by atoms with van der Waals surface area (Å²) in [5, 5.41) is 8.60. The highest BCUT2D eigenvalue weighted by atomic mass is 16.5. The smallest absolute Gasteiger partial charge is 0.223 e. The van der Waals surface area contributed by atoms with Crippen LogP contribution in [0.25, 0.3) is 0 Å². The van der Waals surface area contributed by atoms with E-state index in [-0.39, 0.29) is 12.5 Å². The van der Waals surface area contributed by atoms with Crippen molar-refractivity contribution in [2.75, 3.05) is 86.3 Å². The largest absolute Gasteiger partial charge is 0.394 e. The Kier molecular flexibility index (Phi) is 19.2. The van der Waals surface area contributed by atoms with Crippen LogP contribution in [0.3, 0.4) is 0 Å². The van der Waals surface area contributed by atoms with Gasteiger partial charge in [-0.1, -0.05) is 0 Å². The maximum atomic E-state index is 12.2. The van der Waals surface area contributed by atoms with Gasteiger partial charge in [-0.2, -0.15) is 0 Å². The molecule has 26 heavy (non-hydrogen) atoms. The van der Waals surface area contributed by atoms with Crippen molar-refractivity contribution < 1.29 is 33.6 Å². The van der Waals surface area contributed by atoms with Gasteiger partial charge >= 0.3 is 0 Å². The molecule has 0 bridgehead atoms. The number of rotatable bonds is 19. The molecule has 0 saturated heterocycles. The fraction of sp³-hybridized carbons (Fsp3) is 0.833. The van der Waals surface area contributed by atoms with Crippen molar-refractivity contribution in [1.29, 1.82) is 0 Å². The summed E-state index contributed by atoms with van der Waals surface area (Å²) in [5.74, 6) is 2.47. The third-order valence-electron chi connectivity index (χ3n) is 3.26. The molecule has 0 aliphatic carbocycles. The molecule has 0 heterocycles. The molecule has 0 aliphatic rings. The van der Waals surface area contributed by atoms with E-state index in [0.29, 0.717) is 85.4 Å². The number of methoxy groups -OCH3 is 1. The Morgan fingerprint density at radius 1 is 0.885 bits per heavy atom. The molecule has 0 unspecified atom stereocenters. The molecule has 0 aromatic heterocycles. The summed E-state index contributed by atoms with van der Waals surface area (Å²) >= 11 is 0. The van der Waals surface area contributed by atoms with Crippen molar-refractivity contribution in [3.05, 3.63) is 0 Å². The minimum absolute atomic E-state index is 0.00508. The van der Waals surface area contributed by atoms with Gasteiger partial charge in [0.05, 0.1) is 66.1 Å². The number of nitrogens with zero attached hydrogens (tertiary/aromatic N) is 1. The molecule has 8 nitrogen and oxygen atoms in total. The topological polar surface area (TPSA) is 86.7 Å². The molecule has 0 atom stereocenters. The molecule has 0 radical (unpaired) electrons. The highest BCUT2D eigenvalue weighted by Crippen LogP contribution is 1.98. The molecule has 0 aromatic carbocycles. The fourth-order valence-corrected chi connectivity index (χ4v) is 1.90. The van der Waals surface area contributed by atoms with Crippen molar-refractivity contribution in [2.24, 2.45) is 0 Å². The highest BCUT2D eigenvalue weighted by molar-refractivity contribution is 5.76. The van der Waals surface area contributed by atoms with E-state index in [9.17, 15) is 4.79 Å². The Bertz CT molecular complexity index is 360. The Hall–Kier alpha value is -1.21. The number of aliphatic hydroxyl groups is 1. The van der Waals surface area contributed by atoms with Crippen LogP contribution in [0.15, 0.2) is 0 Å². The monoisotopic (exact) mass is 375 g/mol. The number of hydrogen-bond acceptors (Lipinski definition) is 7. The van der Waals surface area contributed by atoms with E-state index in [2.05, 4.69) is 5.92 Å². The third-order valence-corrected chi connectivity index (χ3v) is 3.26. The van der Waals surface area contributed by atoms with Gasteiger partial charge < -0.3 is 33.7 Å². The van der Waals surface area contributed by atoms with Crippen LogP contribution in [-0.4, -0.2) is 102 Å². The van der Waals surface area contributed by atoms with Gasteiger partial charge in [0.25, 0.3) is 0 Å². The summed E-state index contributed by atoms with van der Waals surface area (Å²) in [5.41, 5.74) is 0. The second kappa shape index (κ2) is 20.1. The van der Waals surface area contributed by atoms with Gasteiger partial charge in [0.2, 0.25) is 5.91 Å². The molecule has 0 saturated carbocycles. The van der Waals surface area contributed by atoms with Gasteiger partial charge in [-0.05, 0) is 0 Å². The molecule has 1 amide bonds. The average Bonchev–Trinajstić information content (AvgIpc) is 2.65. The normalized spacial score (nSPS) is 10.7. The van der Waals surface area contributed by atoms with Gasteiger partial charge in [-0.25, -0.2) is 0 Å². The van der Waals surface area contributed by atoms with Gasteiger partial charge in [0.1, 0.15) is 0 Å². The first-order chi connectivity index (χ1) is 12.8. The van der Waals surface area contributed by atoms with E-state index in [1.807, 2.05) is 0 Å². The number of carbonyl (C=O) groups excluding carboxylic acids is 1. The SMILES string of the molecule is C#CCCC(=O)N(CCOCCOCCO)CCOCCOCCOC. The second-order valence-corrected chi connectivity index (χ2v) is 5.25. The molecular weight excluding hydrogens is 342 g/mol. The zero-order valence-electron chi connectivity index (χ0n) is 15.8. The first-order valence-corrected chi connectivity index (χ1v) is 8.88. The van der Waals surface area contributed by atoms with Crippen LogP contribution in [0.5, 0.6) is 0 Å². The van der Waals surface area contributed by atoms with Crippen LogP contribution in [0.4, 0.5) is 0 Å². The molecular formula is C18H33NO7. The van der Waals surface area contributed by atoms with Gasteiger partial charge in [-0.15, -0.1) is 12.3 Å². The third kappa shape index (κ3) is 16.3. The Labute approximate surface area is 156 Å². The van der Waals surface area contributed by atoms with Gasteiger partial charge in [0, 0.05) is 33.0 Å². The molecule has 0 aromatic rings. The van der Waals surface area contributed by atoms with Crippen molar-refractivity contribution in [2.45, 2.75) is 12.8 Å². The van der Waals surface area contributed by atoms with Crippen LogP contribution < -0.4 is 0 Å². The average molecular weight is 375 g/mol. The number of carbonyl (C=O) groups is 1. The first kappa shape index (κ1) is 24.8. The highest BCUT2D eigenvalue weighted by Gasteiger charge is 2.12. The van der Waals surface area contributed by atoms with Crippen molar-refractivity contribution >= 4 is 5.91 Å². The molecule has 8 heteroatoms. The quantitative estimate of drug-likeness (QED) is 0.250.